The summed E-state index contributed by atoms with van der Waals surface area (Å²) in [6.07, 6.45) is 1.87. The van der Waals surface area contributed by atoms with Crippen LogP contribution >= 0.6 is 0 Å². The Bertz CT molecular complexity index is 786. The molecule has 0 aliphatic carbocycles. The second-order valence-corrected chi connectivity index (χ2v) is 8.22. The molecule has 1 unspecified atom stereocenters. The second kappa shape index (κ2) is 9.59. The lowest BCUT2D eigenvalue weighted by Crippen LogP contribution is -2.54. The van der Waals surface area contributed by atoms with E-state index in [1.165, 1.54) is 6.92 Å². The maximum Gasteiger partial charge on any atom is 0.302 e. The van der Waals surface area contributed by atoms with Crippen LogP contribution in [0.3, 0.4) is 0 Å². The topological polar surface area (TPSA) is 94.0 Å². The highest BCUT2D eigenvalue weighted by Crippen LogP contribution is 2.34. The van der Waals surface area contributed by atoms with Crippen LogP contribution in [-0.2, 0) is 30.4 Å². The van der Waals surface area contributed by atoms with Crippen molar-refractivity contribution in [1.82, 2.24) is 19.6 Å². The molecule has 166 valence electrons. The van der Waals surface area contributed by atoms with Gasteiger partial charge in [-0.05, 0) is 32.8 Å². The third-order valence-corrected chi connectivity index (χ3v) is 5.93. The van der Waals surface area contributed by atoms with E-state index in [4.69, 9.17) is 9.47 Å². The molecule has 0 saturated carbocycles. The van der Waals surface area contributed by atoms with E-state index in [1.54, 1.807) is 9.80 Å². The van der Waals surface area contributed by atoms with Gasteiger partial charge in [0.15, 0.2) is 0 Å². The molecule has 0 N–H and O–H groups in total. The van der Waals surface area contributed by atoms with Crippen LogP contribution in [0.1, 0.15) is 44.0 Å². The van der Waals surface area contributed by atoms with Gasteiger partial charge in [-0.15, -0.1) is 0 Å². The summed E-state index contributed by atoms with van der Waals surface area (Å²) in [6.45, 7) is 8.47. The number of carbonyl (C=O) groups excluding carboxylic acids is 3. The van der Waals surface area contributed by atoms with Crippen molar-refractivity contribution in [2.24, 2.45) is 0 Å². The Kier molecular flexibility index (Phi) is 7.12. The van der Waals surface area contributed by atoms with Gasteiger partial charge < -0.3 is 19.3 Å². The number of esters is 1. The van der Waals surface area contributed by atoms with Crippen molar-refractivity contribution in [3.8, 4) is 0 Å². The molecule has 3 heterocycles. The van der Waals surface area contributed by atoms with E-state index in [9.17, 15) is 14.4 Å². The Balaban J connectivity index is 1.72. The summed E-state index contributed by atoms with van der Waals surface area (Å²) >= 11 is 0. The van der Waals surface area contributed by atoms with Crippen molar-refractivity contribution in [2.45, 2.75) is 58.5 Å². The molecule has 30 heavy (non-hydrogen) atoms. The number of aryl methyl sites for hydroxylation is 3. The largest absolute Gasteiger partial charge is 0.463 e. The fraction of sp³-hybridized carbons (Fsp3) is 0.714. The first-order chi connectivity index (χ1) is 14.3. The lowest BCUT2D eigenvalue weighted by molar-refractivity contribution is -0.154. The van der Waals surface area contributed by atoms with E-state index >= 15 is 0 Å². The summed E-state index contributed by atoms with van der Waals surface area (Å²) in [5, 5.41) is 4.42. The first-order valence-electron chi connectivity index (χ1n) is 10.6. The highest BCUT2D eigenvalue weighted by molar-refractivity contribution is 5.81. The quantitative estimate of drug-likeness (QED) is 0.613. The number of likely N-dealkylation sites (tertiary alicyclic amines) is 1. The minimum Gasteiger partial charge on any atom is -0.463 e. The minimum atomic E-state index is -0.785. The molecule has 2 aliphatic rings. The normalized spacial score (nSPS) is 21.7. The van der Waals surface area contributed by atoms with Gasteiger partial charge in [0.1, 0.15) is 6.61 Å². The van der Waals surface area contributed by atoms with Gasteiger partial charge in [0.25, 0.3) is 0 Å². The van der Waals surface area contributed by atoms with Gasteiger partial charge in [0.05, 0.1) is 30.9 Å². The first kappa shape index (κ1) is 22.3. The maximum atomic E-state index is 13.2. The third-order valence-electron chi connectivity index (χ3n) is 5.93. The molecule has 1 atom stereocenters. The predicted molar refractivity (Wildman–Crippen MR) is 109 cm³/mol. The van der Waals surface area contributed by atoms with Gasteiger partial charge in [-0.3, -0.25) is 19.1 Å². The predicted octanol–water partition coefficient (Wildman–Crippen LogP) is 1.06. The molecule has 2 fully saturated rings. The third kappa shape index (κ3) is 5.19. The molecule has 2 saturated heterocycles. The molecule has 0 bridgehead atoms. The zero-order valence-electron chi connectivity index (χ0n) is 18.2. The Morgan fingerprint density at radius 1 is 1.17 bits per heavy atom. The van der Waals surface area contributed by atoms with Crippen LogP contribution in [0.4, 0.5) is 0 Å². The summed E-state index contributed by atoms with van der Waals surface area (Å²) < 4.78 is 12.5. The SMILES string of the molecule is CC(=O)OCC1(CC(=O)N2CCOCC2)CCCN1C(=O)CCn1nc(C)cc1C. The molecule has 2 aliphatic heterocycles. The van der Waals surface area contributed by atoms with E-state index in [0.717, 1.165) is 17.8 Å². The summed E-state index contributed by atoms with van der Waals surface area (Å²) in [5.74, 6) is -0.471. The molecule has 1 aromatic heterocycles. The van der Waals surface area contributed by atoms with E-state index in [-0.39, 0.29) is 31.3 Å². The van der Waals surface area contributed by atoms with Crippen LogP contribution in [0, 0.1) is 13.8 Å². The van der Waals surface area contributed by atoms with Crippen LogP contribution in [0.15, 0.2) is 6.07 Å². The molecule has 9 nitrogen and oxygen atoms in total. The van der Waals surface area contributed by atoms with Gasteiger partial charge >= 0.3 is 5.97 Å². The molecule has 0 radical (unpaired) electrons. The fourth-order valence-corrected chi connectivity index (χ4v) is 4.39. The Labute approximate surface area is 177 Å². The van der Waals surface area contributed by atoms with Gasteiger partial charge in [0.2, 0.25) is 11.8 Å². The fourth-order valence-electron chi connectivity index (χ4n) is 4.39. The number of aromatic nitrogens is 2. The standard InChI is InChI=1S/C21H32N4O5/c1-16-13-17(2)25(22-16)8-5-19(27)24-7-4-6-21(24,15-30-18(3)26)14-20(28)23-9-11-29-12-10-23/h13H,4-12,14-15H2,1-3H3. The summed E-state index contributed by atoms with van der Waals surface area (Å²) in [5.41, 5.74) is 1.14. The van der Waals surface area contributed by atoms with Gasteiger partial charge in [-0.25, -0.2) is 0 Å². The van der Waals surface area contributed by atoms with Crippen molar-refractivity contribution in [3.05, 3.63) is 17.5 Å². The van der Waals surface area contributed by atoms with Crippen LogP contribution < -0.4 is 0 Å². The summed E-state index contributed by atoms with van der Waals surface area (Å²) in [4.78, 5) is 41.2. The van der Waals surface area contributed by atoms with E-state index in [1.807, 2.05) is 24.6 Å². The number of hydrogen-bond acceptors (Lipinski definition) is 6. The monoisotopic (exact) mass is 420 g/mol. The number of carbonyl (C=O) groups is 3. The summed E-state index contributed by atoms with van der Waals surface area (Å²) in [7, 11) is 0. The lowest BCUT2D eigenvalue weighted by Gasteiger charge is -2.39. The van der Waals surface area contributed by atoms with Gasteiger partial charge in [-0.1, -0.05) is 0 Å². The maximum absolute atomic E-state index is 13.2. The van der Waals surface area contributed by atoms with Crippen molar-refractivity contribution < 1.29 is 23.9 Å². The minimum absolute atomic E-state index is 0.0244. The Morgan fingerprint density at radius 2 is 1.90 bits per heavy atom. The van der Waals surface area contributed by atoms with Crippen molar-refractivity contribution in [2.75, 3.05) is 39.5 Å². The van der Waals surface area contributed by atoms with Crippen molar-refractivity contribution >= 4 is 17.8 Å². The summed E-state index contributed by atoms with van der Waals surface area (Å²) in [6, 6.07) is 1.98. The Hall–Kier alpha value is -2.42. The van der Waals surface area contributed by atoms with E-state index < -0.39 is 11.5 Å². The molecule has 9 heteroatoms. The molecule has 3 rings (SSSR count). The van der Waals surface area contributed by atoms with Crippen LogP contribution in [-0.4, -0.2) is 82.4 Å². The Morgan fingerprint density at radius 3 is 2.53 bits per heavy atom. The number of morpholine rings is 1. The number of rotatable bonds is 7. The molecule has 2 amide bonds. The second-order valence-electron chi connectivity index (χ2n) is 8.22. The van der Waals surface area contributed by atoms with Gasteiger partial charge in [0, 0.05) is 45.2 Å². The zero-order chi connectivity index (χ0) is 21.7. The van der Waals surface area contributed by atoms with Crippen LogP contribution in [0.2, 0.25) is 0 Å². The van der Waals surface area contributed by atoms with Crippen molar-refractivity contribution in [1.29, 1.82) is 0 Å². The van der Waals surface area contributed by atoms with E-state index in [0.29, 0.717) is 45.8 Å². The average Bonchev–Trinajstić information content (AvgIpc) is 3.27. The molecule has 1 aromatic rings. The number of ether oxygens (including phenoxy) is 2. The number of hydrogen-bond donors (Lipinski definition) is 0. The zero-order valence-corrected chi connectivity index (χ0v) is 18.2. The van der Waals surface area contributed by atoms with Crippen LogP contribution in [0.25, 0.3) is 0 Å². The molecule has 0 spiro atoms. The molecule has 0 aromatic carbocycles. The van der Waals surface area contributed by atoms with Crippen LogP contribution in [0.5, 0.6) is 0 Å². The van der Waals surface area contributed by atoms with Gasteiger partial charge in [-0.2, -0.15) is 5.10 Å². The highest BCUT2D eigenvalue weighted by atomic mass is 16.5. The van der Waals surface area contributed by atoms with E-state index in [2.05, 4.69) is 5.10 Å². The number of nitrogens with zero attached hydrogens (tertiary/aromatic N) is 4. The van der Waals surface area contributed by atoms with Crippen molar-refractivity contribution in [3.63, 3.8) is 0 Å². The average molecular weight is 421 g/mol. The highest BCUT2D eigenvalue weighted by Gasteiger charge is 2.46. The smallest absolute Gasteiger partial charge is 0.302 e. The first-order valence-corrected chi connectivity index (χ1v) is 10.6. The number of amides is 2. The molecular formula is C21H32N4O5. The lowest BCUT2D eigenvalue weighted by atomic mass is 9.91. The molecular weight excluding hydrogens is 388 g/mol.